The fraction of sp³-hybridized carbons (Fsp3) is 0.294. The third kappa shape index (κ3) is 2.32. The molecule has 1 N–H and O–H groups in total. The Morgan fingerprint density at radius 3 is 2.58 bits per heavy atom. The number of carbonyl (C=O) groups is 1. The maximum absolute atomic E-state index is 13.5. The first kappa shape index (κ1) is 17.0. The van der Waals surface area contributed by atoms with Gasteiger partial charge in [0.15, 0.2) is 6.29 Å². The molecule has 1 unspecified atom stereocenters. The third-order valence-electron chi connectivity index (χ3n) is 4.35. The van der Waals surface area contributed by atoms with E-state index in [-0.39, 0.29) is 11.4 Å². The minimum absolute atomic E-state index is 0.0514. The van der Waals surface area contributed by atoms with Gasteiger partial charge in [-0.05, 0) is 12.1 Å². The highest BCUT2D eigenvalue weighted by molar-refractivity contribution is 6.12. The minimum atomic E-state index is -5.17. The van der Waals surface area contributed by atoms with E-state index in [0.29, 0.717) is 18.8 Å². The van der Waals surface area contributed by atoms with Gasteiger partial charge in [0.2, 0.25) is 0 Å². The van der Waals surface area contributed by atoms with Crippen LogP contribution in [0.1, 0.15) is 17.4 Å². The van der Waals surface area contributed by atoms with Crippen molar-refractivity contribution in [3.63, 3.8) is 0 Å². The first-order valence-corrected chi connectivity index (χ1v) is 7.75. The number of nitrogens with zero attached hydrogens (tertiary/aromatic N) is 2. The second kappa shape index (κ2) is 5.76. The third-order valence-corrected chi connectivity index (χ3v) is 4.35. The van der Waals surface area contributed by atoms with E-state index < -0.39 is 29.5 Å². The summed E-state index contributed by atoms with van der Waals surface area (Å²) in [5, 5.41) is 10.3. The summed E-state index contributed by atoms with van der Waals surface area (Å²) in [6.07, 6.45) is -3.17. The number of pyridine rings is 1. The number of hydrogen-bond donors (Lipinski definition) is 1. The SMILES string of the molecule is O=C1N(c2cncc(C3OCCO3)c2)c2ccccc2C1(O)C(F)(F)F. The molecule has 0 spiro atoms. The van der Waals surface area contributed by atoms with Crippen LogP contribution in [0.25, 0.3) is 0 Å². The molecule has 1 amide bonds. The van der Waals surface area contributed by atoms with Crippen molar-refractivity contribution < 1.29 is 32.5 Å². The van der Waals surface area contributed by atoms with Crippen molar-refractivity contribution in [3.8, 4) is 0 Å². The number of para-hydroxylation sites is 1. The number of anilines is 2. The fourth-order valence-electron chi connectivity index (χ4n) is 3.14. The zero-order chi connectivity index (χ0) is 18.5. The highest BCUT2D eigenvalue weighted by Gasteiger charge is 2.67. The number of aliphatic hydroxyl groups is 1. The number of hydrogen-bond acceptors (Lipinski definition) is 5. The first-order valence-electron chi connectivity index (χ1n) is 7.75. The Labute approximate surface area is 145 Å². The number of rotatable bonds is 2. The largest absolute Gasteiger partial charge is 0.430 e. The lowest BCUT2D eigenvalue weighted by Crippen LogP contribution is -2.49. The lowest BCUT2D eigenvalue weighted by molar-refractivity contribution is -0.253. The Balaban J connectivity index is 1.83. The van der Waals surface area contributed by atoms with Crippen LogP contribution in [0, 0.1) is 0 Å². The van der Waals surface area contributed by atoms with Crippen LogP contribution in [0.5, 0.6) is 0 Å². The number of fused-ring (bicyclic) bond motifs is 1. The van der Waals surface area contributed by atoms with E-state index in [2.05, 4.69) is 4.98 Å². The average Bonchev–Trinajstić information content (AvgIpc) is 3.22. The van der Waals surface area contributed by atoms with Crippen LogP contribution in [0.4, 0.5) is 24.5 Å². The fourth-order valence-corrected chi connectivity index (χ4v) is 3.14. The van der Waals surface area contributed by atoms with E-state index in [1.165, 1.54) is 36.7 Å². The van der Waals surface area contributed by atoms with Gasteiger partial charge in [0.1, 0.15) is 0 Å². The van der Waals surface area contributed by atoms with Crippen LogP contribution in [0.15, 0.2) is 42.7 Å². The molecule has 1 atom stereocenters. The van der Waals surface area contributed by atoms with Crippen LogP contribution in [-0.4, -0.2) is 35.4 Å². The van der Waals surface area contributed by atoms with Crippen molar-refractivity contribution in [2.45, 2.75) is 18.1 Å². The summed E-state index contributed by atoms with van der Waals surface area (Å²) in [5.41, 5.74) is -3.63. The molecule has 1 aromatic heterocycles. The molecule has 136 valence electrons. The maximum Gasteiger partial charge on any atom is 0.430 e. The predicted octanol–water partition coefficient (Wildman–Crippen LogP) is 2.56. The monoisotopic (exact) mass is 366 g/mol. The number of alkyl halides is 3. The van der Waals surface area contributed by atoms with Crippen molar-refractivity contribution >= 4 is 17.3 Å². The van der Waals surface area contributed by atoms with Crippen molar-refractivity contribution in [2.75, 3.05) is 18.1 Å². The van der Waals surface area contributed by atoms with Gasteiger partial charge in [-0.1, -0.05) is 18.2 Å². The predicted molar refractivity (Wildman–Crippen MR) is 82.4 cm³/mol. The molecule has 1 aromatic carbocycles. The molecule has 0 aliphatic carbocycles. The molecule has 1 saturated heterocycles. The summed E-state index contributed by atoms with van der Waals surface area (Å²) in [5.74, 6) is -1.50. The van der Waals surface area contributed by atoms with Gasteiger partial charge in [0, 0.05) is 17.3 Å². The maximum atomic E-state index is 13.5. The van der Waals surface area contributed by atoms with Crippen molar-refractivity contribution in [3.05, 3.63) is 53.9 Å². The van der Waals surface area contributed by atoms with Gasteiger partial charge in [-0.25, -0.2) is 0 Å². The normalized spacial score (nSPS) is 23.5. The summed E-state index contributed by atoms with van der Waals surface area (Å²) in [6, 6.07) is 6.70. The Kier molecular flexibility index (Phi) is 3.76. The molecule has 3 heterocycles. The summed E-state index contributed by atoms with van der Waals surface area (Å²) in [7, 11) is 0. The number of aromatic nitrogens is 1. The van der Waals surface area contributed by atoms with Crippen LogP contribution in [0.3, 0.4) is 0 Å². The Morgan fingerprint density at radius 1 is 1.19 bits per heavy atom. The smallest absolute Gasteiger partial charge is 0.368 e. The second-order valence-electron chi connectivity index (χ2n) is 5.92. The number of benzene rings is 1. The minimum Gasteiger partial charge on any atom is -0.368 e. The molecule has 0 bridgehead atoms. The zero-order valence-electron chi connectivity index (χ0n) is 13.2. The van der Waals surface area contributed by atoms with Gasteiger partial charge in [-0.3, -0.25) is 14.7 Å². The highest BCUT2D eigenvalue weighted by Crippen LogP contribution is 2.51. The quantitative estimate of drug-likeness (QED) is 0.885. The summed E-state index contributed by atoms with van der Waals surface area (Å²) >= 11 is 0. The molecule has 0 radical (unpaired) electrons. The molecular formula is C17H13F3N2O4. The van der Waals surface area contributed by atoms with Gasteiger partial charge in [0.25, 0.3) is 11.5 Å². The molecule has 9 heteroatoms. The molecule has 6 nitrogen and oxygen atoms in total. The van der Waals surface area contributed by atoms with E-state index in [4.69, 9.17) is 9.47 Å². The number of amides is 1. The molecule has 4 rings (SSSR count). The lowest BCUT2D eigenvalue weighted by Gasteiger charge is -2.25. The molecule has 26 heavy (non-hydrogen) atoms. The summed E-state index contributed by atoms with van der Waals surface area (Å²) < 4.78 is 51.3. The summed E-state index contributed by atoms with van der Waals surface area (Å²) in [6.45, 7) is 0.766. The van der Waals surface area contributed by atoms with E-state index in [9.17, 15) is 23.1 Å². The van der Waals surface area contributed by atoms with E-state index in [1.807, 2.05) is 0 Å². The van der Waals surface area contributed by atoms with Gasteiger partial charge < -0.3 is 14.6 Å². The molecule has 2 aromatic rings. The highest BCUT2D eigenvalue weighted by atomic mass is 19.4. The molecule has 2 aliphatic rings. The Morgan fingerprint density at radius 2 is 1.88 bits per heavy atom. The molecule has 2 aliphatic heterocycles. The van der Waals surface area contributed by atoms with Gasteiger partial charge in [-0.2, -0.15) is 13.2 Å². The average molecular weight is 366 g/mol. The number of carbonyl (C=O) groups excluding carboxylic acids is 1. The Bertz CT molecular complexity index is 867. The topological polar surface area (TPSA) is 71.9 Å². The number of ether oxygens (including phenoxy) is 2. The standard InChI is InChI=1S/C17H13F3N2O4/c18-17(19,20)16(24)12-3-1-2-4-13(12)22(15(16)23)11-7-10(8-21-9-11)14-25-5-6-26-14/h1-4,7-9,14,24H,5-6H2. The van der Waals surface area contributed by atoms with Crippen molar-refractivity contribution in [2.24, 2.45) is 0 Å². The van der Waals surface area contributed by atoms with Crippen LogP contribution in [0.2, 0.25) is 0 Å². The van der Waals surface area contributed by atoms with E-state index in [0.717, 1.165) is 11.0 Å². The van der Waals surface area contributed by atoms with Crippen LogP contribution >= 0.6 is 0 Å². The van der Waals surface area contributed by atoms with Gasteiger partial charge in [0.05, 0.1) is 30.8 Å². The molecule has 0 saturated carbocycles. The zero-order valence-corrected chi connectivity index (χ0v) is 13.2. The van der Waals surface area contributed by atoms with Gasteiger partial charge >= 0.3 is 6.18 Å². The van der Waals surface area contributed by atoms with Gasteiger partial charge in [-0.15, -0.1) is 0 Å². The second-order valence-corrected chi connectivity index (χ2v) is 5.92. The van der Waals surface area contributed by atoms with Crippen molar-refractivity contribution in [1.29, 1.82) is 0 Å². The van der Waals surface area contributed by atoms with Crippen molar-refractivity contribution in [1.82, 2.24) is 4.98 Å². The van der Waals surface area contributed by atoms with E-state index >= 15 is 0 Å². The molecule has 1 fully saturated rings. The first-order chi connectivity index (χ1) is 12.3. The summed E-state index contributed by atoms with van der Waals surface area (Å²) in [4.78, 5) is 17.4. The van der Waals surface area contributed by atoms with E-state index in [1.54, 1.807) is 0 Å². The Hall–Kier alpha value is -2.49. The molecular weight excluding hydrogens is 353 g/mol. The van der Waals surface area contributed by atoms with Crippen LogP contribution < -0.4 is 4.90 Å². The lowest BCUT2D eigenvalue weighted by atomic mass is 9.95. The number of halogens is 3. The van der Waals surface area contributed by atoms with Crippen LogP contribution in [-0.2, 0) is 19.9 Å².